The topological polar surface area (TPSA) is 203 Å². The van der Waals surface area contributed by atoms with E-state index >= 15 is 0 Å². The van der Waals surface area contributed by atoms with Crippen molar-refractivity contribution in [3.05, 3.63) is 44.5 Å². The lowest BCUT2D eigenvalue weighted by molar-refractivity contribution is -0.137. The third kappa shape index (κ3) is 9.56. The second-order valence-electron chi connectivity index (χ2n) is 14.8. The third-order valence-corrected chi connectivity index (χ3v) is 12.1. The quantitative estimate of drug-likeness (QED) is 0.0889. The molecular formula is C37H47ClN10O5S. The minimum atomic E-state index is -0.634. The van der Waals surface area contributed by atoms with E-state index in [4.69, 9.17) is 16.6 Å². The number of nitrogens with one attached hydrogen (secondary N) is 6. The van der Waals surface area contributed by atoms with Gasteiger partial charge in [0.25, 0.3) is 5.91 Å². The largest absolute Gasteiger partial charge is 0.353 e. The molecule has 0 bridgehead atoms. The predicted octanol–water partition coefficient (Wildman–Crippen LogP) is 4.58. The number of piperidine rings is 1. The molecule has 4 aliphatic rings. The fourth-order valence-corrected chi connectivity index (χ4v) is 8.72. The van der Waals surface area contributed by atoms with E-state index in [2.05, 4.69) is 41.8 Å². The van der Waals surface area contributed by atoms with E-state index in [-0.39, 0.29) is 42.3 Å². The number of carbonyl (C=O) groups excluding carboxylic acids is 5. The average molecular weight is 779 g/mol. The van der Waals surface area contributed by atoms with Crippen LogP contribution in [-0.4, -0.2) is 79.4 Å². The summed E-state index contributed by atoms with van der Waals surface area (Å²) in [6.45, 7) is 1.15. The van der Waals surface area contributed by atoms with Crippen LogP contribution in [0.2, 0.25) is 5.02 Å². The van der Waals surface area contributed by atoms with Crippen LogP contribution >= 0.6 is 22.9 Å². The van der Waals surface area contributed by atoms with Gasteiger partial charge >= 0.3 is 6.03 Å². The number of halogens is 1. The number of aromatic nitrogens is 4. The fourth-order valence-electron chi connectivity index (χ4n) is 7.46. The highest BCUT2D eigenvalue weighted by Crippen LogP contribution is 2.37. The molecule has 2 saturated carbocycles. The minimum absolute atomic E-state index is 0.0848. The zero-order chi connectivity index (χ0) is 37.6. The SMILES string of the molecule is O=C1CCC(N2Cc3cc(CNC(=O)NCCCCCCC(=O)NC4CCC(Nc5ncc(Cl)c(-c6cn[nH]c6CC6CC6)n5)CC4)sc3C2=O)C(=O)N1. The van der Waals surface area contributed by atoms with Gasteiger partial charge in [0.15, 0.2) is 0 Å². The Hall–Kier alpha value is -4.57. The number of rotatable bonds is 16. The molecule has 3 aromatic rings. The van der Waals surface area contributed by atoms with E-state index in [1.165, 1.54) is 29.1 Å². The number of amides is 6. The number of aromatic amines is 1. The lowest BCUT2D eigenvalue weighted by atomic mass is 9.91. The van der Waals surface area contributed by atoms with Crippen LogP contribution < -0.4 is 26.6 Å². The van der Waals surface area contributed by atoms with Crippen LogP contribution in [-0.2, 0) is 33.9 Å². The van der Waals surface area contributed by atoms with Gasteiger partial charge in [-0.3, -0.25) is 29.6 Å². The van der Waals surface area contributed by atoms with Crippen molar-refractivity contribution < 1.29 is 24.0 Å². The summed E-state index contributed by atoms with van der Waals surface area (Å²) in [6.07, 6.45) is 14.9. The van der Waals surface area contributed by atoms with E-state index in [0.29, 0.717) is 59.9 Å². The molecule has 6 amide bonds. The smallest absolute Gasteiger partial charge is 0.315 e. The Morgan fingerprint density at radius 3 is 2.54 bits per heavy atom. The molecular weight excluding hydrogens is 732 g/mol. The summed E-state index contributed by atoms with van der Waals surface area (Å²) < 4.78 is 0. The number of anilines is 1. The highest BCUT2D eigenvalue weighted by Gasteiger charge is 2.40. The molecule has 0 radical (unpaired) electrons. The number of nitrogens with zero attached hydrogens (tertiary/aromatic N) is 4. The Balaban J connectivity index is 0.722. The van der Waals surface area contributed by atoms with Gasteiger partial charge in [0, 0.05) is 54.1 Å². The second kappa shape index (κ2) is 17.3. The van der Waals surface area contributed by atoms with Crippen LogP contribution in [0, 0.1) is 5.92 Å². The molecule has 0 spiro atoms. The van der Waals surface area contributed by atoms with Gasteiger partial charge in [0.2, 0.25) is 23.7 Å². The summed E-state index contributed by atoms with van der Waals surface area (Å²) in [5.41, 5.74) is 3.53. The van der Waals surface area contributed by atoms with E-state index in [1.54, 1.807) is 12.4 Å². The first-order valence-corrected chi connectivity index (χ1v) is 20.3. The van der Waals surface area contributed by atoms with E-state index in [0.717, 1.165) is 79.5 Å². The van der Waals surface area contributed by atoms with Crippen molar-refractivity contribution in [2.75, 3.05) is 11.9 Å². The molecule has 1 unspecified atom stereocenters. The van der Waals surface area contributed by atoms with Crippen molar-refractivity contribution in [1.29, 1.82) is 0 Å². The molecule has 3 fully saturated rings. The summed E-state index contributed by atoms with van der Waals surface area (Å²) in [7, 11) is 0. The first kappa shape index (κ1) is 37.7. The van der Waals surface area contributed by atoms with Crippen LogP contribution in [0.1, 0.15) is 109 Å². The van der Waals surface area contributed by atoms with Gasteiger partial charge in [-0.2, -0.15) is 5.10 Å². The highest BCUT2D eigenvalue weighted by molar-refractivity contribution is 7.14. The van der Waals surface area contributed by atoms with Gasteiger partial charge in [-0.25, -0.2) is 14.8 Å². The zero-order valence-corrected chi connectivity index (χ0v) is 31.8. The van der Waals surface area contributed by atoms with Gasteiger partial charge in [-0.15, -0.1) is 11.3 Å². The number of fused-ring (bicyclic) bond motifs is 1. The normalized spacial score (nSPS) is 21.1. The maximum Gasteiger partial charge on any atom is 0.315 e. The van der Waals surface area contributed by atoms with E-state index < -0.39 is 11.9 Å². The monoisotopic (exact) mass is 778 g/mol. The zero-order valence-electron chi connectivity index (χ0n) is 30.2. The van der Waals surface area contributed by atoms with Crippen LogP contribution in [0.3, 0.4) is 0 Å². The number of unbranched alkanes of at least 4 members (excludes halogenated alkanes) is 3. The molecule has 288 valence electrons. The van der Waals surface area contributed by atoms with Crippen LogP contribution in [0.5, 0.6) is 0 Å². The molecule has 0 aromatic carbocycles. The number of hydrogen-bond donors (Lipinski definition) is 6. The van der Waals surface area contributed by atoms with Crippen LogP contribution in [0.15, 0.2) is 18.5 Å². The van der Waals surface area contributed by atoms with E-state index in [1.807, 2.05) is 6.07 Å². The van der Waals surface area contributed by atoms with Crippen LogP contribution in [0.4, 0.5) is 10.7 Å². The fraction of sp³-hybridized carbons (Fsp3) is 0.568. The Labute approximate surface area is 322 Å². The standard InChI is InChI=1S/C37H47ClN10O5S/c38-27-19-40-36(46-32(27)26-18-42-47-28(26)15-21-6-7-21)44-24-10-8-23(9-11-24)43-30(49)5-3-1-2-4-14-39-37(53)41-17-25-16-22-20-48(35(52)33(22)54-25)29-12-13-31(50)45-34(29)51/h16,18-19,21,23-24,29H,1-15,17,20H2,(H,42,47)(H,43,49)(H2,39,41,53)(H,40,44,46)(H,45,50,51). The molecule has 6 N–H and O–H groups in total. The first-order chi connectivity index (χ1) is 26.2. The van der Waals surface area contributed by atoms with Gasteiger partial charge in [0.1, 0.15) is 6.04 Å². The molecule has 15 nitrogen and oxygen atoms in total. The molecule has 7 rings (SSSR count). The summed E-state index contributed by atoms with van der Waals surface area (Å²) >= 11 is 7.81. The number of imide groups is 1. The van der Waals surface area contributed by atoms with Crippen molar-refractivity contribution in [1.82, 2.24) is 46.3 Å². The molecule has 1 atom stereocenters. The van der Waals surface area contributed by atoms with Crippen molar-refractivity contribution >= 4 is 58.5 Å². The molecule has 17 heteroatoms. The van der Waals surface area contributed by atoms with Gasteiger partial charge in [0.05, 0.1) is 34.5 Å². The van der Waals surface area contributed by atoms with Crippen molar-refractivity contribution in [3.63, 3.8) is 0 Å². The summed E-state index contributed by atoms with van der Waals surface area (Å²) in [5, 5.41) is 22.6. The lowest BCUT2D eigenvalue weighted by Gasteiger charge is -2.29. The predicted molar refractivity (Wildman–Crippen MR) is 203 cm³/mol. The molecule has 3 aromatic heterocycles. The summed E-state index contributed by atoms with van der Waals surface area (Å²) in [6, 6.07) is 1.37. The average Bonchev–Trinajstić information content (AvgIpc) is 3.56. The number of thiophene rings is 1. The highest BCUT2D eigenvalue weighted by atomic mass is 35.5. The van der Waals surface area contributed by atoms with Gasteiger partial charge in [-0.05, 0) is 81.8 Å². The van der Waals surface area contributed by atoms with E-state index in [9.17, 15) is 24.0 Å². The number of hydrogen-bond acceptors (Lipinski definition) is 10. The van der Waals surface area contributed by atoms with Crippen molar-refractivity contribution in [2.24, 2.45) is 5.92 Å². The molecule has 5 heterocycles. The maximum atomic E-state index is 12.9. The first-order valence-electron chi connectivity index (χ1n) is 19.1. The summed E-state index contributed by atoms with van der Waals surface area (Å²) in [4.78, 5) is 73.7. The van der Waals surface area contributed by atoms with Gasteiger partial charge < -0.3 is 26.2 Å². The Morgan fingerprint density at radius 1 is 0.963 bits per heavy atom. The second-order valence-corrected chi connectivity index (χ2v) is 16.3. The summed E-state index contributed by atoms with van der Waals surface area (Å²) in [5.74, 6) is 0.399. The van der Waals surface area contributed by atoms with Crippen molar-refractivity contribution in [3.8, 4) is 11.3 Å². The maximum absolute atomic E-state index is 12.9. The number of H-pyrrole nitrogens is 1. The lowest BCUT2D eigenvalue weighted by Crippen LogP contribution is -2.52. The molecule has 2 aliphatic heterocycles. The Bertz CT molecular complexity index is 1870. The Morgan fingerprint density at radius 2 is 1.76 bits per heavy atom. The third-order valence-electron chi connectivity index (χ3n) is 10.6. The molecule has 2 aliphatic carbocycles. The molecule has 1 saturated heterocycles. The van der Waals surface area contributed by atoms with Gasteiger partial charge in [-0.1, -0.05) is 24.4 Å². The minimum Gasteiger partial charge on any atom is -0.353 e. The molecule has 54 heavy (non-hydrogen) atoms. The number of urea groups is 1. The Kier molecular flexibility index (Phi) is 12.1. The van der Waals surface area contributed by atoms with Crippen molar-refractivity contribution in [2.45, 2.75) is 121 Å². The number of carbonyl (C=O) groups is 5. The van der Waals surface area contributed by atoms with Crippen LogP contribution in [0.25, 0.3) is 11.3 Å².